The van der Waals surface area contributed by atoms with Crippen LogP contribution in [0.1, 0.15) is 20.8 Å². The van der Waals surface area contributed by atoms with E-state index in [0.29, 0.717) is 0 Å². The third-order valence-electron chi connectivity index (χ3n) is 3.53. The molecule has 0 radical (unpaired) electrons. The van der Waals surface area contributed by atoms with Gasteiger partial charge in [-0.2, -0.15) is 0 Å². The molecule has 0 aliphatic carbocycles. The molecule has 0 bridgehead atoms. The highest BCUT2D eigenvalue weighted by molar-refractivity contribution is 6.22. The van der Waals surface area contributed by atoms with Crippen LogP contribution in [0.5, 0.6) is 0 Å². The molecule has 144 valence electrons. The molecule has 0 aromatic carbocycles. The average molecular weight is 391 g/mol. The first-order chi connectivity index (χ1) is 12.2. The Balaban J connectivity index is 2.30. The fourth-order valence-electron chi connectivity index (χ4n) is 2.59. The number of amides is 2. The standard InChI is InChI=1S/C15H19ClN2O8/c1-7(19)23-6-10-12(24-8(2)20)13(25-9(3)21)14(26-10)18-5-4-11(16)17-15(18)22/h4-5,10-14H,6H2,1-3H3,(H,17,22)/t10-,11?,12-,13-,14-/m1/s1. The number of nitrogens with zero attached hydrogens (tertiary/aromatic N) is 1. The van der Waals surface area contributed by atoms with Gasteiger partial charge in [0.25, 0.3) is 0 Å². The summed E-state index contributed by atoms with van der Waals surface area (Å²) >= 11 is 5.82. The van der Waals surface area contributed by atoms with E-state index in [4.69, 9.17) is 30.5 Å². The van der Waals surface area contributed by atoms with Gasteiger partial charge in [0.1, 0.15) is 18.2 Å². The lowest BCUT2D eigenvalue weighted by molar-refractivity contribution is -0.166. The molecule has 1 saturated heterocycles. The van der Waals surface area contributed by atoms with Crippen molar-refractivity contribution >= 4 is 35.5 Å². The molecule has 0 saturated carbocycles. The number of nitrogens with one attached hydrogen (secondary N) is 1. The smallest absolute Gasteiger partial charge is 0.325 e. The zero-order chi connectivity index (χ0) is 19.4. The lowest BCUT2D eigenvalue weighted by Gasteiger charge is -2.32. The van der Waals surface area contributed by atoms with Crippen LogP contribution >= 0.6 is 11.6 Å². The van der Waals surface area contributed by atoms with Crippen molar-refractivity contribution in [1.82, 2.24) is 10.2 Å². The number of carbonyl (C=O) groups is 4. The molecular formula is C15H19ClN2O8. The Bertz CT molecular complexity index is 625. The normalized spacial score (nSPS) is 30.5. The van der Waals surface area contributed by atoms with Gasteiger partial charge in [0.15, 0.2) is 18.4 Å². The van der Waals surface area contributed by atoms with E-state index in [2.05, 4.69) is 5.32 Å². The molecule has 1 unspecified atom stereocenters. The molecule has 5 atom stereocenters. The number of alkyl halides is 1. The molecule has 1 N–H and O–H groups in total. The van der Waals surface area contributed by atoms with Gasteiger partial charge in [0.05, 0.1) is 0 Å². The van der Waals surface area contributed by atoms with E-state index in [1.165, 1.54) is 33.0 Å². The van der Waals surface area contributed by atoms with Crippen LogP contribution < -0.4 is 5.32 Å². The van der Waals surface area contributed by atoms with Crippen LogP contribution in [0.15, 0.2) is 12.3 Å². The number of hydrogen-bond acceptors (Lipinski definition) is 8. The van der Waals surface area contributed by atoms with Crippen LogP contribution in [-0.2, 0) is 33.3 Å². The SMILES string of the molecule is CC(=O)OC[C@H]1O[C@@H](N2C=CC(Cl)NC2=O)[C@H](OC(C)=O)[C@@H]1OC(C)=O. The van der Waals surface area contributed by atoms with E-state index in [9.17, 15) is 19.2 Å². The van der Waals surface area contributed by atoms with Crippen molar-refractivity contribution < 1.29 is 38.1 Å². The van der Waals surface area contributed by atoms with E-state index in [-0.39, 0.29) is 6.61 Å². The highest BCUT2D eigenvalue weighted by Crippen LogP contribution is 2.31. The molecule has 0 aromatic rings. The number of carbonyl (C=O) groups excluding carboxylic acids is 4. The molecular weight excluding hydrogens is 372 g/mol. The Morgan fingerprint density at radius 2 is 1.77 bits per heavy atom. The largest absolute Gasteiger partial charge is 0.463 e. The average Bonchev–Trinajstić information content (AvgIpc) is 2.82. The lowest BCUT2D eigenvalue weighted by Crippen LogP contribution is -2.53. The maximum Gasteiger partial charge on any atom is 0.325 e. The Morgan fingerprint density at radius 1 is 1.15 bits per heavy atom. The van der Waals surface area contributed by atoms with Gasteiger partial charge in [0, 0.05) is 27.0 Å². The molecule has 2 aliphatic heterocycles. The fraction of sp³-hybridized carbons (Fsp3) is 0.600. The predicted molar refractivity (Wildman–Crippen MR) is 85.6 cm³/mol. The fourth-order valence-corrected chi connectivity index (χ4v) is 2.75. The van der Waals surface area contributed by atoms with Crippen LogP contribution in [0.25, 0.3) is 0 Å². The summed E-state index contributed by atoms with van der Waals surface area (Å²) in [4.78, 5) is 47.4. The van der Waals surface area contributed by atoms with Gasteiger partial charge >= 0.3 is 23.9 Å². The van der Waals surface area contributed by atoms with Gasteiger partial charge in [-0.05, 0) is 6.08 Å². The van der Waals surface area contributed by atoms with Crippen LogP contribution in [0.3, 0.4) is 0 Å². The van der Waals surface area contributed by atoms with Gasteiger partial charge in [-0.15, -0.1) is 0 Å². The van der Waals surface area contributed by atoms with Crippen LogP contribution in [0, 0.1) is 0 Å². The third kappa shape index (κ3) is 4.85. The van der Waals surface area contributed by atoms with Gasteiger partial charge in [-0.25, -0.2) is 4.79 Å². The van der Waals surface area contributed by atoms with Crippen LogP contribution in [0.4, 0.5) is 4.79 Å². The van der Waals surface area contributed by atoms with Crippen LogP contribution in [-0.4, -0.2) is 65.5 Å². The predicted octanol–water partition coefficient (Wildman–Crippen LogP) is 0.242. The lowest BCUT2D eigenvalue weighted by atomic mass is 10.1. The number of esters is 3. The Kier molecular flexibility index (Phi) is 6.43. The molecule has 2 aliphatic rings. The summed E-state index contributed by atoms with van der Waals surface area (Å²) < 4.78 is 21.1. The number of rotatable bonds is 5. The Labute approximate surface area is 154 Å². The van der Waals surface area contributed by atoms with E-state index in [1.54, 1.807) is 0 Å². The summed E-state index contributed by atoms with van der Waals surface area (Å²) in [5.41, 5.74) is -0.701. The molecule has 1 fully saturated rings. The molecule has 2 amide bonds. The third-order valence-corrected chi connectivity index (χ3v) is 3.78. The minimum absolute atomic E-state index is 0.251. The van der Waals surface area contributed by atoms with Gasteiger partial charge in [0.2, 0.25) is 0 Å². The van der Waals surface area contributed by atoms with Gasteiger partial charge in [-0.3, -0.25) is 19.3 Å². The highest BCUT2D eigenvalue weighted by Gasteiger charge is 2.53. The molecule has 10 nitrogen and oxygen atoms in total. The second-order valence-corrected chi connectivity index (χ2v) is 6.09. The molecule has 2 rings (SSSR count). The van der Waals surface area contributed by atoms with Crippen molar-refractivity contribution in [3.05, 3.63) is 12.3 Å². The first kappa shape index (κ1) is 20.0. The summed E-state index contributed by atoms with van der Waals surface area (Å²) in [5.74, 6) is -1.88. The topological polar surface area (TPSA) is 120 Å². The van der Waals surface area contributed by atoms with Crippen molar-refractivity contribution in [1.29, 1.82) is 0 Å². The van der Waals surface area contributed by atoms with Gasteiger partial charge in [-0.1, -0.05) is 11.6 Å². The Morgan fingerprint density at radius 3 is 2.31 bits per heavy atom. The number of hydrogen-bond donors (Lipinski definition) is 1. The van der Waals surface area contributed by atoms with E-state index >= 15 is 0 Å². The van der Waals surface area contributed by atoms with Crippen molar-refractivity contribution in [2.24, 2.45) is 0 Å². The van der Waals surface area contributed by atoms with Crippen molar-refractivity contribution in [2.45, 2.75) is 50.8 Å². The number of urea groups is 1. The van der Waals surface area contributed by atoms with Gasteiger partial charge < -0.3 is 24.3 Å². The molecule has 11 heteroatoms. The Hall–Kier alpha value is -2.33. The first-order valence-corrected chi connectivity index (χ1v) is 8.17. The number of halogens is 1. The first-order valence-electron chi connectivity index (χ1n) is 7.73. The zero-order valence-corrected chi connectivity index (χ0v) is 15.1. The van der Waals surface area contributed by atoms with Crippen molar-refractivity contribution in [2.75, 3.05) is 6.61 Å². The molecule has 0 spiro atoms. The molecule has 0 aromatic heterocycles. The monoisotopic (exact) mass is 390 g/mol. The van der Waals surface area contributed by atoms with Crippen molar-refractivity contribution in [3.63, 3.8) is 0 Å². The maximum atomic E-state index is 12.2. The maximum absolute atomic E-state index is 12.2. The van der Waals surface area contributed by atoms with Crippen molar-refractivity contribution in [3.8, 4) is 0 Å². The minimum Gasteiger partial charge on any atom is -0.463 e. The second kappa shape index (κ2) is 8.37. The molecule has 2 heterocycles. The van der Waals surface area contributed by atoms with E-state index in [1.807, 2.05) is 0 Å². The summed E-state index contributed by atoms with van der Waals surface area (Å²) in [6.45, 7) is 3.30. The quantitative estimate of drug-likeness (QED) is 0.307. The summed E-state index contributed by atoms with van der Waals surface area (Å²) in [7, 11) is 0. The minimum atomic E-state index is -1.13. The number of ether oxygens (including phenoxy) is 4. The van der Waals surface area contributed by atoms with Crippen LogP contribution in [0.2, 0.25) is 0 Å². The molecule has 26 heavy (non-hydrogen) atoms. The summed E-state index contributed by atoms with van der Waals surface area (Å²) in [5, 5.41) is 2.45. The van der Waals surface area contributed by atoms with E-state index < -0.39 is 54.0 Å². The highest BCUT2D eigenvalue weighted by atomic mass is 35.5. The summed E-state index contributed by atoms with van der Waals surface area (Å²) in [6, 6.07) is -0.593. The second-order valence-electron chi connectivity index (χ2n) is 5.62. The van der Waals surface area contributed by atoms with E-state index in [0.717, 1.165) is 4.90 Å². The zero-order valence-electron chi connectivity index (χ0n) is 14.3. The summed E-state index contributed by atoms with van der Waals surface area (Å²) in [6.07, 6.45) is -1.39.